The molecule has 1 aliphatic heterocycles. The van der Waals surface area contributed by atoms with Crippen LogP contribution in [0.15, 0.2) is 18.2 Å². The van der Waals surface area contributed by atoms with Gasteiger partial charge >= 0.3 is 0 Å². The van der Waals surface area contributed by atoms with E-state index in [4.69, 9.17) is 0 Å². The van der Waals surface area contributed by atoms with Crippen molar-refractivity contribution in [3.63, 3.8) is 0 Å². The highest BCUT2D eigenvalue weighted by atomic mass is 19.1. The van der Waals surface area contributed by atoms with Crippen molar-refractivity contribution in [2.75, 3.05) is 13.1 Å². The van der Waals surface area contributed by atoms with Crippen LogP contribution in [0.2, 0.25) is 0 Å². The zero-order chi connectivity index (χ0) is 12.5. The van der Waals surface area contributed by atoms with Crippen molar-refractivity contribution >= 4 is 0 Å². The molecule has 0 spiro atoms. The van der Waals surface area contributed by atoms with Crippen molar-refractivity contribution in [2.45, 2.75) is 25.4 Å². The third-order valence-corrected chi connectivity index (χ3v) is 3.54. The first-order valence-electron chi connectivity index (χ1n) is 5.88. The van der Waals surface area contributed by atoms with Gasteiger partial charge in [0.05, 0.1) is 5.60 Å². The molecule has 0 aliphatic carbocycles. The fourth-order valence-electron chi connectivity index (χ4n) is 2.39. The van der Waals surface area contributed by atoms with Gasteiger partial charge in [0.25, 0.3) is 0 Å². The number of benzene rings is 1. The number of nitrogens with one attached hydrogen (secondary N) is 1. The van der Waals surface area contributed by atoms with Gasteiger partial charge in [-0.3, -0.25) is 0 Å². The Morgan fingerprint density at radius 3 is 2.59 bits per heavy atom. The van der Waals surface area contributed by atoms with Crippen LogP contribution in [0.5, 0.6) is 0 Å². The van der Waals surface area contributed by atoms with Gasteiger partial charge in [0.15, 0.2) is 0 Å². The summed E-state index contributed by atoms with van der Waals surface area (Å²) in [6.45, 7) is 3.41. The lowest BCUT2D eigenvalue weighted by molar-refractivity contribution is -0.0330. The summed E-state index contributed by atoms with van der Waals surface area (Å²) in [6.07, 6.45) is 0.900. The molecule has 4 heteroatoms. The maximum absolute atomic E-state index is 13.1. The Bertz CT molecular complexity index is 390. The molecule has 1 heterocycles. The molecule has 94 valence electrons. The van der Waals surface area contributed by atoms with Gasteiger partial charge in [-0.15, -0.1) is 0 Å². The highest BCUT2D eigenvalue weighted by Gasteiger charge is 2.36. The molecule has 0 radical (unpaired) electrons. The molecule has 1 fully saturated rings. The van der Waals surface area contributed by atoms with E-state index >= 15 is 0 Å². The van der Waals surface area contributed by atoms with E-state index in [9.17, 15) is 13.9 Å². The highest BCUT2D eigenvalue weighted by molar-refractivity contribution is 5.20. The van der Waals surface area contributed by atoms with Crippen LogP contribution in [0.1, 0.15) is 18.9 Å². The van der Waals surface area contributed by atoms with Crippen molar-refractivity contribution < 1.29 is 13.9 Å². The Balaban J connectivity index is 2.18. The Kier molecular flexibility index (Phi) is 3.45. The van der Waals surface area contributed by atoms with Gasteiger partial charge in [-0.2, -0.15) is 0 Å². The maximum atomic E-state index is 13.1. The van der Waals surface area contributed by atoms with Crippen LogP contribution in [0.3, 0.4) is 0 Å². The summed E-state index contributed by atoms with van der Waals surface area (Å²) in [6, 6.07) is 3.42. The Hall–Kier alpha value is -1.00. The molecule has 1 aromatic carbocycles. The summed E-state index contributed by atoms with van der Waals surface area (Å²) in [5.74, 6) is -1.11. The molecule has 0 amide bonds. The predicted molar refractivity (Wildman–Crippen MR) is 61.7 cm³/mol. The molecule has 17 heavy (non-hydrogen) atoms. The smallest absolute Gasteiger partial charge is 0.126 e. The van der Waals surface area contributed by atoms with Crippen molar-refractivity contribution in [3.05, 3.63) is 35.4 Å². The summed E-state index contributed by atoms with van der Waals surface area (Å²) in [5, 5.41) is 13.7. The molecule has 2 nitrogen and oxygen atoms in total. The first-order chi connectivity index (χ1) is 7.99. The molecule has 0 bridgehead atoms. The van der Waals surface area contributed by atoms with E-state index in [1.165, 1.54) is 12.1 Å². The minimum atomic E-state index is -0.870. The standard InChI is InChI=1S/C13H17F2NO/c1-9-8-16-3-2-13(9,17)7-10-4-11(14)6-12(15)5-10/h4-6,9,16-17H,2-3,7-8H2,1H3. The summed E-state index contributed by atoms with van der Waals surface area (Å²) in [5.41, 5.74) is -0.357. The molecule has 0 aromatic heterocycles. The Labute approximate surface area is 99.7 Å². The fraction of sp³-hybridized carbons (Fsp3) is 0.538. The minimum Gasteiger partial charge on any atom is -0.389 e. The second kappa shape index (κ2) is 4.70. The van der Waals surface area contributed by atoms with Gasteiger partial charge in [0.2, 0.25) is 0 Å². The van der Waals surface area contributed by atoms with Crippen LogP contribution in [-0.2, 0) is 6.42 Å². The van der Waals surface area contributed by atoms with E-state index in [2.05, 4.69) is 5.32 Å². The third kappa shape index (κ3) is 2.82. The van der Waals surface area contributed by atoms with Crippen LogP contribution in [-0.4, -0.2) is 23.8 Å². The average Bonchev–Trinajstić information content (AvgIpc) is 2.21. The lowest BCUT2D eigenvalue weighted by Crippen LogP contribution is -2.50. The average molecular weight is 241 g/mol. The summed E-state index contributed by atoms with van der Waals surface area (Å²) >= 11 is 0. The lowest BCUT2D eigenvalue weighted by atomic mass is 9.78. The number of hydrogen-bond acceptors (Lipinski definition) is 2. The molecular weight excluding hydrogens is 224 g/mol. The zero-order valence-electron chi connectivity index (χ0n) is 9.84. The third-order valence-electron chi connectivity index (χ3n) is 3.54. The van der Waals surface area contributed by atoms with Gasteiger partial charge in [0.1, 0.15) is 11.6 Å². The first-order valence-corrected chi connectivity index (χ1v) is 5.88. The Morgan fingerprint density at radius 1 is 1.35 bits per heavy atom. The molecule has 1 saturated heterocycles. The number of aliphatic hydroxyl groups is 1. The van der Waals surface area contributed by atoms with Gasteiger partial charge in [-0.25, -0.2) is 8.78 Å². The van der Waals surface area contributed by atoms with Crippen molar-refractivity contribution in [2.24, 2.45) is 5.92 Å². The van der Waals surface area contributed by atoms with Crippen LogP contribution in [0, 0.1) is 17.6 Å². The molecule has 2 unspecified atom stereocenters. The van der Waals surface area contributed by atoms with E-state index in [0.717, 1.165) is 19.2 Å². The number of rotatable bonds is 2. The molecule has 2 rings (SSSR count). The SMILES string of the molecule is CC1CNCCC1(O)Cc1cc(F)cc(F)c1. The molecule has 2 N–H and O–H groups in total. The van der Waals surface area contributed by atoms with Crippen LogP contribution < -0.4 is 5.32 Å². The summed E-state index contributed by atoms with van der Waals surface area (Å²) < 4.78 is 26.1. The summed E-state index contributed by atoms with van der Waals surface area (Å²) in [7, 11) is 0. The van der Waals surface area contributed by atoms with Gasteiger partial charge < -0.3 is 10.4 Å². The Morgan fingerprint density at radius 2 is 2.00 bits per heavy atom. The van der Waals surface area contributed by atoms with Crippen molar-refractivity contribution in [1.29, 1.82) is 0 Å². The van der Waals surface area contributed by atoms with Crippen LogP contribution in [0.4, 0.5) is 8.78 Å². The van der Waals surface area contributed by atoms with E-state index in [-0.39, 0.29) is 5.92 Å². The number of piperidine rings is 1. The monoisotopic (exact) mass is 241 g/mol. The highest BCUT2D eigenvalue weighted by Crippen LogP contribution is 2.28. The molecule has 1 aromatic rings. The van der Waals surface area contributed by atoms with Crippen LogP contribution >= 0.6 is 0 Å². The quantitative estimate of drug-likeness (QED) is 0.828. The van der Waals surface area contributed by atoms with Crippen molar-refractivity contribution in [3.8, 4) is 0 Å². The van der Waals surface area contributed by atoms with Gasteiger partial charge in [-0.1, -0.05) is 6.92 Å². The number of halogens is 2. The number of hydrogen-bond donors (Lipinski definition) is 2. The van der Waals surface area contributed by atoms with E-state index in [0.29, 0.717) is 18.4 Å². The second-order valence-corrected chi connectivity index (χ2v) is 4.91. The lowest BCUT2D eigenvalue weighted by Gasteiger charge is -2.38. The second-order valence-electron chi connectivity index (χ2n) is 4.91. The van der Waals surface area contributed by atoms with E-state index < -0.39 is 17.2 Å². The topological polar surface area (TPSA) is 32.3 Å². The minimum absolute atomic E-state index is 0.0718. The van der Waals surface area contributed by atoms with Crippen LogP contribution in [0.25, 0.3) is 0 Å². The summed E-state index contributed by atoms with van der Waals surface area (Å²) in [4.78, 5) is 0. The first kappa shape index (κ1) is 12.5. The maximum Gasteiger partial charge on any atom is 0.126 e. The van der Waals surface area contributed by atoms with Gasteiger partial charge in [0, 0.05) is 19.0 Å². The molecule has 2 atom stereocenters. The zero-order valence-corrected chi connectivity index (χ0v) is 9.84. The molecule has 0 saturated carbocycles. The fourth-order valence-corrected chi connectivity index (χ4v) is 2.39. The van der Waals surface area contributed by atoms with Crippen molar-refractivity contribution in [1.82, 2.24) is 5.32 Å². The molecular formula is C13H17F2NO. The molecule has 1 aliphatic rings. The predicted octanol–water partition coefficient (Wildman–Crippen LogP) is 1.87. The van der Waals surface area contributed by atoms with Gasteiger partial charge in [-0.05, 0) is 36.6 Å². The largest absolute Gasteiger partial charge is 0.389 e. The van der Waals surface area contributed by atoms with E-state index in [1.807, 2.05) is 6.92 Å². The normalized spacial score (nSPS) is 29.3. The van der Waals surface area contributed by atoms with E-state index in [1.54, 1.807) is 0 Å².